The van der Waals surface area contributed by atoms with E-state index in [2.05, 4.69) is 17.0 Å². The Hall–Kier alpha value is -1.36. The molecule has 0 aliphatic heterocycles. The van der Waals surface area contributed by atoms with Crippen molar-refractivity contribution in [3.63, 3.8) is 0 Å². The Kier molecular flexibility index (Phi) is 5.17. The molecule has 0 unspecified atom stereocenters. The van der Waals surface area contributed by atoms with Crippen molar-refractivity contribution in [3.05, 3.63) is 52.8 Å². The molecule has 0 saturated carbocycles. The number of aryl methyl sites for hydroxylation is 1. The number of hydrogen-bond acceptors (Lipinski definition) is 3. The summed E-state index contributed by atoms with van der Waals surface area (Å²) < 4.78 is 7.17. The highest BCUT2D eigenvalue weighted by molar-refractivity contribution is 6.30. The molecule has 1 atom stereocenters. The topological polar surface area (TPSA) is 30.3 Å². The number of likely N-dealkylation sites (N-methyl/N-ethyl adjacent to an activating group) is 1. The molecule has 0 aliphatic carbocycles. The van der Waals surface area contributed by atoms with Crippen molar-refractivity contribution in [1.29, 1.82) is 0 Å². The summed E-state index contributed by atoms with van der Waals surface area (Å²) in [6.45, 7) is 1.46. The minimum Gasteiger partial charge on any atom is -0.383 e. The van der Waals surface area contributed by atoms with E-state index < -0.39 is 0 Å². The van der Waals surface area contributed by atoms with E-state index in [-0.39, 0.29) is 6.04 Å². The molecule has 0 radical (unpaired) electrons. The second kappa shape index (κ2) is 6.88. The molecular weight excluding hydrogens is 274 g/mol. The average molecular weight is 294 g/mol. The number of aromatic nitrogens is 2. The van der Waals surface area contributed by atoms with E-state index in [9.17, 15) is 0 Å². The standard InChI is InChI=1S/C15H20ClN3O/c1-18(9-12-8-17-19(2)10-12)15(11-20-3)13-4-6-14(16)7-5-13/h4-8,10,15H,9,11H2,1-3H3/t15-/m1/s1. The van der Waals surface area contributed by atoms with E-state index in [1.165, 1.54) is 11.1 Å². The molecule has 0 N–H and O–H groups in total. The average Bonchev–Trinajstić information content (AvgIpc) is 2.82. The first kappa shape index (κ1) is 15.0. The van der Waals surface area contributed by atoms with E-state index in [1.54, 1.807) is 7.11 Å². The van der Waals surface area contributed by atoms with Crippen LogP contribution in [0.3, 0.4) is 0 Å². The fourth-order valence-corrected chi connectivity index (χ4v) is 2.40. The second-order valence-electron chi connectivity index (χ2n) is 4.96. The third-order valence-corrected chi connectivity index (χ3v) is 3.55. The van der Waals surface area contributed by atoms with Gasteiger partial charge in [0.25, 0.3) is 0 Å². The number of nitrogens with zero attached hydrogens (tertiary/aromatic N) is 3. The maximum Gasteiger partial charge on any atom is 0.0659 e. The Bertz CT molecular complexity index is 538. The van der Waals surface area contributed by atoms with Gasteiger partial charge in [-0.3, -0.25) is 9.58 Å². The lowest BCUT2D eigenvalue weighted by Gasteiger charge is -2.27. The quantitative estimate of drug-likeness (QED) is 0.820. The summed E-state index contributed by atoms with van der Waals surface area (Å²) in [6.07, 6.45) is 3.92. The fourth-order valence-electron chi connectivity index (χ4n) is 2.27. The van der Waals surface area contributed by atoms with Crippen molar-refractivity contribution < 1.29 is 4.74 Å². The zero-order chi connectivity index (χ0) is 14.5. The molecule has 0 saturated heterocycles. The lowest BCUT2D eigenvalue weighted by molar-refractivity contribution is 0.102. The first-order valence-electron chi connectivity index (χ1n) is 6.52. The smallest absolute Gasteiger partial charge is 0.0659 e. The van der Waals surface area contributed by atoms with E-state index in [1.807, 2.05) is 48.4 Å². The largest absolute Gasteiger partial charge is 0.383 e. The molecule has 0 amide bonds. The maximum atomic E-state index is 5.95. The van der Waals surface area contributed by atoms with Crippen molar-refractivity contribution in [1.82, 2.24) is 14.7 Å². The Labute approximate surface area is 124 Å². The summed E-state index contributed by atoms with van der Waals surface area (Å²) in [7, 11) is 5.74. The normalized spacial score (nSPS) is 12.8. The van der Waals surface area contributed by atoms with Crippen LogP contribution in [0.2, 0.25) is 5.02 Å². The monoisotopic (exact) mass is 293 g/mol. The van der Waals surface area contributed by atoms with Crippen LogP contribution >= 0.6 is 11.6 Å². The van der Waals surface area contributed by atoms with Crippen LogP contribution in [-0.4, -0.2) is 35.4 Å². The summed E-state index contributed by atoms with van der Waals surface area (Å²) in [5.41, 5.74) is 2.38. The molecular formula is C15H20ClN3O. The molecule has 0 aliphatic rings. The number of methoxy groups -OCH3 is 1. The van der Waals surface area contributed by atoms with Gasteiger partial charge in [0.15, 0.2) is 0 Å². The number of ether oxygens (including phenoxy) is 1. The van der Waals surface area contributed by atoms with Gasteiger partial charge in [-0.25, -0.2) is 0 Å². The first-order valence-corrected chi connectivity index (χ1v) is 6.90. The van der Waals surface area contributed by atoms with Crippen LogP contribution in [0.4, 0.5) is 0 Å². The van der Waals surface area contributed by atoms with E-state index >= 15 is 0 Å². The highest BCUT2D eigenvalue weighted by atomic mass is 35.5. The van der Waals surface area contributed by atoms with Gasteiger partial charge < -0.3 is 4.74 Å². The van der Waals surface area contributed by atoms with Gasteiger partial charge in [0.1, 0.15) is 0 Å². The minimum absolute atomic E-state index is 0.192. The summed E-state index contributed by atoms with van der Waals surface area (Å²) >= 11 is 5.95. The third-order valence-electron chi connectivity index (χ3n) is 3.30. The van der Waals surface area contributed by atoms with Crippen molar-refractivity contribution in [3.8, 4) is 0 Å². The molecule has 20 heavy (non-hydrogen) atoms. The molecule has 1 aromatic heterocycles. The highest BCUT2D eigenvalue weighted by Crippen LogP contribution is 2.23. The Morgan fingerprint density at radius 1 is 1.35 bits per heavy atom. The van der Waals surface area contributed by atoms with Crippen LogP contribution < -0.4 is 0 Å². The lowest BCUT2D eigenvalue weighted by atomic mass is 10.1. The number of rotatable bonds is 6. The van der Waals surface area contributed by atoms with Crippen LogP contribution in [0, 0.1) is 0 Å². The lowest BCUT2D eigenvalue weighted by Crippen LogP contribution is -2.27. The first-order chi connectivity index (χ1) is 9.60. The molecule has 108 valence electrons. The zero-order valence-electron chi connectivity index (χ0n) is 12.1. The zero-order valence-corrected chi connectivity index (χ0v) is 12.8. The Morgan fingerprint density at radius 3 is 2.60 bits per heavy atom. The van der Waals surface area contributed by atoms with Crippen LogP contribution in [0.15, 0.2) is 36.7 Å². The Morgan fingerprint density at radius 2 is 2.05 bits per heavy atom. The van der Waals surface area contributed by atoms with Gasteiger partial charge in [0.2, 0.25) is 0 Å². The van der Waals surface area contributed by atoms with Crippen LogP contribution in [0.1, 0.15) is 17.2 Å². The minimum atomic E-state index is 0.192. The summed E-state index contributed by atoms with van der Waals surface area (Å²) in [6, 6.07) is 8.12. The van der Waals surface area contributed by atoms with Crippen LogP contribution in [0.25, 0.3) is 0 Å². The number of benzene rings is 1. The van der Waals surface area contributed by atoms with Gasteiger partial charge >= 0.3 is 0 Å². The molecule has 0 spiro atoms. The van der Waals surface area contributed by atoms with Gasteiger partial charge in [-0.1, -0.05) is 23.7 Å². The van der Waals surface area contributed by atoms with Crippen molar-refractivity contribution in [2.75, 3.05) is 20.8 Å². The van der Waals surface area contributed by atoms with Crippen molar-refractivity contribution >= 4 is 11.6 Å². The summed E-state index contributed by atoms with van der Waals surface area (Å²) in [4.78, 5) is 2.25. The molecule has 0 bridgehead atoms. The van der Waals surface area contributed by atoms with E-state index in [0.717, 1.165) is 11.6 Å². The Balaban J connectivity index is 2.12. The van der Waals surface area contributed by atoms with Crippen molar-refractivity contribution in [2.45, 2.75) is 12.6 Å². The van der Waals surface area contributed by atoms with E-state index in [4.69, 9.17) is 16.3 Å². The maximum absolute atomic E-state index is 5.95. The molecule has 2 rings (SSSR count). The fraction of sp³-hybridized carbons (Fsp3) is 0.400. The third kappa shape index (κ3) is 3.82. The molecule has 1 aromatic carbocycles. The predicted octanol–water partition coefficient (Wildman–Crippen LogP) is 2.89. The summed E-state index contributed by atoms with van der Waals surface area (Å²) in [5, 5.41) is 4.95. The van der Waals surface area contributed by atoms with Gasteiger partial charge in [-0.2, -0.15) is 5.10 Å². The van der Waals surface area contributed by atoms with E-state index in [0.29, 0.717) is 6.61 Å². The molecule has 5 heteroatoms. The number of halogens is 1. The van der Waals surface area contributed by atoms with Gasteiger partial charge in [0, 0.05) is 37.5 Å². The second-order valence-corrected chi connectivity index (χ2v) is 5.40. The predicted molar refractivity (Wildman–Crippen MR) is 80.7 cm³/mol. The van der Waals surface area contributed by atoms with Crippen molar-refractivity contribution in [2.24, 2.45) is 7.05 Å². The van der Waals surface area contributed by atoms with Gasteiger partial charge in [-0.15, -0.1) is 0 Å². The van der Waals surface area contributed by atoms with Gasteiger partial charge in [-0.05, 0) is 24.7 Å². The molecule has 2 aromatic rings. The van der Waals surface area contributed by atoms with Crippen LogP contribution in [-0.2, 0) is 18.3 Å². The summed E-state index contributed by atoms with van der Waals surface area (Å²) in [5.74, 6) is 0. The van der Waals surface area contributed by atoms with Gasteiger partial charge in [0.05, 0.1) is 18.8 Å². The highest BCUT2D eigenvalue weighted by Gasteiger charge is 2.17. The van der Waals surface area contributed by atoms with Crippen LogP contribution in [0.5, 0.6) is 0 Å². The molecule has 1 heterocycles. The molecule has 0 fully saturated rings. The number of hydrogen-bond donors (Lipinski definition) is 0. The SMILES string of the molecule is COC[C@H](c1ccc(Cl)cc1)N(C)Cc1cnn(C)c1. The molecule has 4 nitrogen and oxygen atoms in total.